The molecular weight excluding hydrogens is 260 g/mol. The summed E-state index contributed by atoms with van der Waals surface area (Å²) in [5.41, 5.74) is 0. The summed E-state index contributed by atoms with van der Waals surface area (Å²) in [6.45, 7) is 1.85. The number of carbonyl (C=O) groups is 3. The highest BCUT2D eigenvalue weighted by Gasteiger charge is 2.40. The van der Waals surface area contributed by atoms with Gasteiger partial charge in [0.15, 0.2) is 0 Å². The van der Waals surface area contributed by atoms with Crippen LogP contribution in [0.25, 0.3) is 0 Å². The van der Waals surface area contributed by atoms with Crippen LogP contribution in [0.1, 0.15) is 32.1 Å². The van der Waals surface area contributed by atoms with E-state index < -0.39 is 5.97 Å². The molecule has 2 amide bonds. The number of rotatable bonds is 2. The van der Waals surface area contributed by atoms with Crippen molar-refractivity contribution in [3.63, 3.8) is 0 Å². The van der Waals surface area contributed by atoms with Crippen LogP contribution in [0.5, 0.6) is 0 Å². The molecular formula is C14H20N2O4. The Hall–Kier alpha value is -1.59. The first-order valence-corrected chi connectivity index (χ1v) is 7.37. The number of nitrogens with zero attached hydrogens (tertiary/aromatic N) is 2. The molecule has 3 fully saturated rings. The number of hydrogen-bond acceptors (Lipinski definition) is 3. The predicted octanol–water partition coefficient (Wildman–Crippen LogP) is 0.320. The van der Waals surface area contributed by atoms with E-state index in [0.717, 1.165) is 6.42 Å². The maximum Gasteiger partial charge on any atom is 0.306 e. The second-order valence-electron chi connectivity index (χ2n) is 6.11. The highest BCUT2D eigenvalue weighted by molar-refractivity contribution is 5.82. The van der Waals surface area contributed by atoms with Crippen molar-refractivity contribution in [2.45, 2.75) is 38.1 Å². The van der Waals surface area contributed by atoms with Gasteiger partial charge < -0.3 is 14.9 Å². The lowest BCUT2D eigenvalue weighted by Crippen LogP contribution is -2.54. The summed E-state index contributed by atoms with van der Waals surface area (Å²) < 4.78 is 0. The fourth-order valence-electron chi connectivity index (χ4n) is 3.75. The molecule has 2 saturated heterocycles. The van der Waals surface area contributed by atoms with Crippen molar-refractivity contribution in [3.05, 3.63) is 0 Å². The molecule has 3 aliphatic rings. The van der Waals surface area contributed by atoms with Crippen molar-refractivity contribution in [2.24, 2.45) is 11.8 Å². The number of carboxylic acids is 1. The van der Waals surface area contributed by atoms with Gasteiger partial charge in [0.1, 0.15) is 0 Å². The topological polar surface area (TPSA) is 77.9 Å². The molecule has 1 aliphatic carbocycles. The number of piperazine rings is 1. The van der Waals surface area contributed by atoms with Crippen LogP contribution in [0.2, 0.25) is 0 Å². The van der Waals surface area contributed by atoms with Crippen LogP contribution >= 0.6 is 0 Å². The lowest BCUT2D eigenvalue weighted by Gasteiger charge is -2.38. The molecule has 1 saturated carbocycles. The van der Waals surface area contributed by atoms with Gasteiger partial charge in [-0.1, -0.05) is 0 Å². The van der Waals surface area contributed by atoms with E-state index in [4.69, 9.17) is 5.11 Å². The Balaban J connectivity index is 1.59. The van der Waals surface area contributed by atoms with Crippen molar-refractivity contribution < 1.29 is 19.5 Å². The minimum atomic E-state index is -0.786. The predicted molar refractivity (Wildman–Crippen MR) is 69.8 cm³/mol. The quantitative estimate of drug-likeness (QED) is 0.790. The molecule has 3 rings (SSSR count). The molecule has 0 aromatic rings. The molecule has 3 unspecified atom stereocenters. The Bertz CT molecular complexity index is 450. The number of carbonyl (C=O) groups excluding carboxylic acids is 2. The van der Waals surface area contributed by atoms with Crippen molar-refractivity contribution in [1.82, 2.24) is 9.80 Å². The number of carboxylic acid groups (broad SMARTS) is 1. The highest BCUT2D eigenvalue weighted by Crippen LogP contribution is 2.33. The van der Waals surface area contributed by atoms with Gasteiger partial charge in [0.05, 0.1) is 5.92 Å². The van der Waals surface area contributed by atoms with Crippen molar-refractivity contribution in [2.75, 3.05) is 19.6 Å². The van der Waals surface area contributed by atoms with Gasteiger partial charge in [0.25, 0.3) is 0 Å². The zero-order chi connectivity index (χ0) is 14.3. The second-order valence-corrected chi connectivity index (χ2v) is 6.11. The summed E-state index contributed by atoms with van der Waals surface area (Å²) in [5.74, 6) is -0.994. The number of fused-ring (bicyclic) bond motifs is 1. The minimum absolute atomic E-state index is 0.0905. The average molecular weight is 280 g/mol. The Kier molecular flexibility index (Phi) is 3.40. The third-order valence-electron chi connectivity index (χ3n) is 4.94. The molecule has 2 heterocycles. The molecule has 2 aliphatic heterocycles. The van der Waals surface area contributed by atoms with Crippen LogP contribution in [0.4, 0.5) is 0 Å². The molecule has 0 radical (unpaired) electrons. The van der Waals surface area contributed by atoms with Crippen molar-refractivity contribution >= 4 is 17.8 Å². The van der Waals surface area contributed by atoms with Crippen LogP contribution in [0.15, 0.2) is 0 Å². The Labute approximate surface area is 117 Å². The van der Waals surface area contributed by atoms with Crippen molar-refractivity contribution in [3.8, 4) is 0 Å². The third kappa shape index (κ3) is 2.27. The smallest absolute Gasteiger partial charge is 0.306 e. The highest BCUT2D eigenvalue weighted by atomic mass is 16.4. The Morgan fingerprint density at radius 3 is 2.55 bits per heavy atom. The summed E-state index contributed by atoms with van der Waals surface area (Å²) in [6.07, 6.45) is 3.19. The monoisotopic (exact) mass is 280 g/mol. The summed E-state index contributed by atoms with van der Waals surface area (Å²) >= 11 is 0. The maximum atomic E-state index is 12.5. The Morgan fingerprint density at radius 2 is 1.85 bits per heavy atom. The maximum absolute atomic E-state index is 12.5. The molecule has 0 aromatic carbocycles. The lowest BCUT2D eigenvalue weighted by atomic mass is 10.0. The average Bonchev–Trinajstić information content (AvgIpc) is 3.05. The van der Waals surface area contributed by atoms with Gasteiger partial charge >= 0.3 is 5.97 Å². The van der Waals surface area contributed by atoms with Crippen LogP contribution in [-0.2, 0) is 14.4 Å². The molecule has 6 heteroatoms. The number of amides is 2. The lowest BCUT2D eigenvalue weighted by molar-refractivity contribution is -0.143. The van der Waals surface area contributed by atoms with Crippen molar-refractivity contribution in [1.29, 1.82) is 0 Å². The molecule has 0 bridgehead atoms. The molecule has 20 heavy (non-hydrogen) atoms. The van der Waals surface area contributed by atoms with Gasteiger partial charge in [-0.25, -0.2) is 0 Å². The van der Waals surface area contributed by atoms with Crippen LogP contribution in [-0.4, -0.2) is 58.4 Å². The normalized spacial score (nSPS) is 33.4. The van der Waals surface area contributed by atoms with E-state index in [0.29, 0.717) is 45.3 Å². The van der Waals surface area contributed by atoms with Gasteiger partial charge in [0, 0.05) is 38.0 Å². The zero-order valence-corrected chi connectivity index (χ0v) is 11.5. The fourth-order valence-corrected chi connectivity index (χ4v) is 3.75. The van der Waals surface area contributed by atoms with E-state index in [9.17, 15) is 14.4 Å². The minimum Gasteiger partial charge on any atom is -0.481 e. The van der Waals surface area contributed by atoms with E-state index in [1.54, 1.807) is 0 Å². The first-order valence-electron chi connectivity index (χ1n) is 7.37. The van der Waals surface area contributed by atoms with E-state index in [1.807, 2.05) is 9.80 Å². The molecule has 110 valence electrons. The summed E-state index contributed by atoms with van der Waals surface area (Å²) in [5, 5.41) is 9.01. The third-order valence-corrected chi connectivity index (χ3v) is 4.94. The number of hydrogen-bond donors (Lipinski definition) is 1. The molecule has 0 aromatic heterocycles. The van der Waals surface area contributed by atoms with Gasteiger partial charge in [-0.3, -0.25) is 14.4 Å². The SMILES string of the molecule is O=C(O)C1CCC(C(=O)N2CCN3C(=O)CCC3C2)C1. The van der Waals surface area contributed by atoms with Gasteiger partial charge in [-0.05, 0) is 25.7 Å². The van der Waals surface area contributed by atoms with E-state index in [2.05, 4.69) is 0 Å². The van der Waals surface area contributed by atoms with Gasteiger partial charge in [0.2, 0.25) is 11.8 Å². The summed E-state index contributed by atoms with van der Waals surface area (Å²) in [4.78, 5) is 38.8. The fraction of sp³-hybridized carbons (Fsp3) is 0.786. The number of aliphatic carboxylic acids is 1. The van der Waals surface area contributed by atoms with Gasteiger partial charge in [-0.2, -0.15) is 0 Å². The van der Waals surface area contributed by atoms with E-state index in [1.165, 1.54) is 0 Å². The van der Waals surface area contributed by atoms with Crippen LogP contribution in [0, 0.1) is 11.8 Å². The van der Waals surface area contributed by atoms with Gasteiger partial charge in [-0.15, -0.1) is 0 Å². The zero-order valence-electron chi connectivity index (χ0n) is 11.5. The van der Waals surface area contributed by atoms with E-state index in [-0.39, 0.29) is 29.7 Å². The van der Waals surface area contributed by atoms with Crippen LogP contribution < -0.4 is 0 Å². The van der Waals surface area contributed by atoms with E-state index >= 15 is 0 Å². The molecule has 6 nitrogen and oxygen atoms in total. The Morgan fingerprint density at radius 1 is 1.10 bits per heavy atom. The first-order chi connectivity index (χ1) is 9.56. The second kappa shape index (κ2) is 5.07. The standard InChI is InChI=1S/C14H20N2O4/c17-12-4-3-11-8-15(5-6-16(11)12)13(18)9-1-2-10(7-9)14(19)20/h9-11H,1-8H2,(H,19,20). The first kappa shape index (κ1) is 13.4. The van der Waals surface area contributed by atoms with Crippen LogP contribution in [0.3, 0.4) is 0 Å². The summed E-state index contributed by atoms with van der Waals surface area (Å²) in [6, 6.07) is 0.178. The summed E-state index contributed by atoms with van der Waals surface area (Å²) in [7, 11) is 0. The molecule has 3 atom stereocenters. The molecule has 0 spiro atoms. The largest absolute Gasteiger partial charge is 0.481 e. The molecule has 1 N–H and O–H groups in total.